The number of hydrogen-bond donors (Lipinski definition) is 0. The number of carbonyl (C=O) groups excluding carboxylic acids is 2. The highest BCUT2D eigenvalue weighted by Gasteiger charge is 2.34. The van der Waals surface area contributed by atoms with Gasteiger partial charge in [0.1, 0.15) is 17.2 Å². The molecule has 10 heteroatoms. The van der Waals surface area contributed by atoms with Crippen molar-refractivity contribution in [2.75, 3.05) is 4.31 Å². The van der Waals surface area contributed by atoms with E-state index < -0.39 is 22.3 Å². The summed E-state index contributed by atoms with van der Waals surface area (Å²) in [4.78, 5) is 25.9. The number of nitrogens with zero attached hydrogens (tertiary/aromatic N) is 1. The number of fused-ring (bicyclic) bond motifs is 1. The van der Waals surface area contributed by atoms with E-state index in [-0.39, 0.29) is 22.1 Å². The van der Waals surface area contributed by atoms with Gasteiger partial charge in [-0.2, -0.15) is 4.31 Å². The summed E-state index contributed by atoms with van der Waals surface area (Å²) in [5.41, 5.74) is 0.00299. The van der Waals surface area contributed by atoms with Crippen molar-refractivity contribution < 1.29 is 32.2 Å². The van der Waals surface area contributed by atoms with Gasteiger partial charge in [-0.3, -0.25) is 0 Å². The van der Waals surface area contributed by atoms with Gasteiger partial charge in [-0.05, 0) is 60.7 Å². The van der Waals surface area contributed by atoms with E-state index in [1.54, 1.807) is 84.9 Å². The summed E-state index contributed by atoms with van der Waals surface area (Å²) in [6.45, 7) is 0. The van der Waals surface area contributed by atoms with Crippen molar-refractivity contribution in [1.29, 1.82) is 0 Å². The number of benzene rings is 5. The van der Waals surface area contributed by atoms with Gasteiger partial charge in [-0.1, -0.05) is 76.6 Å². The standard InChI is InChI=1S/C30H20BrNO7S/c31-21-15-17-24(18-16-21)40(35,36)32(29(33)37-22-9-3-1-4-10-22)27-19-20-28(26-14-8-7-13-25(26)27)39-30(34)38-23-11-5-2-6-12-23/h1-20H. The summed E-state index contributed by atoms with van der Waals surface area (Å²) in [6, 6.07) is 31.8. The quantitative estimate of drug-likeness (QED) is 0.143. The number of hydrogen-bond acceptors (Lipinski definition) is 7. The number of rotatable bonds is 6. The van der Waals surface area contributed by atoms with E-state index in [0.29, 0.717) is 25.3 Å². The SMILES string of the molecule is O=C(Oc1ccccc1)Oc1ccc(N(C(=O)Oc2ccccc2)S(=O)(=O)c2ccc(Br)cc2)c2ccccc12. The van der Waals surface area contributed by atoms with E-state index in [1.807, 2.05) is 0 Å². The lowest BCUT2D eigenvalue weighted by Gasteiger charge is -2.24. The molecule has 0 bridgehead atoms. The van der Waals surface area contributed by atoms with Crippen molar-refractivity contribution in [2.24, 2.45) is 0 Å². The maximum atomic E-state index is 13.9. The van der Waals surface area contributed by atoms with Crippen molar-refractivity contribution in [3.63, 3.8) is 0 Å². The predicted octanol–water partition coefficient (Wildman–Crippen LogP) is 7.57. The van der Waals surface area contributed by atoms with Crippen LogP contribution in [0.2, 0.25) is 0 Å². The maximum Gasteiger partial charge on any atom is 0.519 e. The highest BCUT2D eigenvalue weighted by Crippen LogP contribution is 2.37. The third kappa shape index (κ3) is 5.83. The third-order valence-corrected chi connectivity index (χ3v) is 7.91. The second-order valence-electron chi connectivity index (χ2n) is 8.30. The lowest BCUT2D eigenvalue weighted by atomic mass is 10.1. The van der Waals surface area contributed by atoms with Gasteiger partial charge in [0.05, 0.1) is 10.6 Å². The normalized spacial score (nSPS) is 11.0. The molecular weight excluding hydrogens is 598 g/mol. The van der Waals surface area contributed by atoms with Crippen LogP contribution in [0.5, 0.6) is 17.2 Å². The van der Waals surface area contributed by atoms with E-state index in [1.165, 1.54) is 36.4 Å². The van der Waals surface area contributed by atoms with Gasteiger partial charge >= 0.3 is 12.2 Å². The highest BCUT2D eigenvalue weighted by atomic mass is 79.9. The van der Waals surface area contributed by atoms with Crippen LogP contribution in [0.1, 0.15) is 0 Å². The third-order valence-electron chi connectivity index (χ3n) is 5.68. The molecule has 5 aromatic carbocycles. The lowest BCUT2D eigenvalue weighted by Crippen LogP contribution is -2.39. The summed E-state index contributed by atoms with van der Waals surface area (Å²) in [5, 5.41) is 0.687. The first-order valence-corrected chi connectivity index (χ1v) is 14.1. The van der Waals surface area contributed by atoms with Crippen molar-refractivity contribution in [1.82, 2.24) is 0 Å². The zero-order valence-electron chi connectivity index (χ0n) is 20.6. The molecule has 0 aliphatic carbocycles. The number of ether oxygens (including phenoxy) is 3. The highest BCUT2D eigenvalue weighted by molar-refractivity contribution is 9.10. The van der Waals surface area contributed by atoms with Crippen LogP contribution in [-0.2, 0) is 10.0 Å². The predicted molar refractivity (Wildman–Crippen MR) is 153 cm³/mol. The van der Waals surface area contributed by atoms with Crippen LogP contribution in [0.25, 0.3) is 10.8 Å². The molecule has 0 saturated carbocycles. The maximum absolute atomic E-state index is 13.9. The van der Waals surface area contributed by atoms with E-state index in [9.17, 15) is 18.0 Å². The fraction of sp³-hybridized carbons (Fsp3) is 0. The number of para-hydroxylation sites is 2. The molecule has 0 fully saturated rings. The second-order valence-corrected chi connectivity index (χ2v) is 11.0. The average Bonchev–Trinajstić information content (AvgIpc) is 2.95. The van der Waals surface area contributed by atoms with E-state index in [2.05, 4.69) is 15.9 Å². The molecule has 0 unspecified atom stereocenters. The molecule has 5 aromatic rings. The van der Waals surface area contributed by atoms with Gasteiger partial charge in [-0.15, -0.1) is 0 Å². The van der Waals surface area contributed by atoms with Gasteiger partial charge in [-0.25, -0.2) is 18.0 Å². The Labute approximate surface area is 238 Å². The summed E-state index contributed by atoms with van der Waals surface area (Å²) >= 11 is 3.30. The second kappa shape index (κ2) is 11.6. The Kier molecular flexibility index (Phi) is 7.81. The molecule has 0 atom stereocenters. The smallest absolute Gasteiger partial charge is 0.409 e. The van der Waals surface area contributed by atoms with Crippen molar-refractivity contribution >= 4 is 54.7 Å². The molecule has 0 aliphatic rings. The molecule has 0 N–H and O–H groups in total. The van der Waals surface area contributed by atoms with Crippen LogP contribution in [0.4, 0.5) is 15.3 Å². The molecule has 0 aliphatic heterocycles. The molecule has 0 aromatic heterocycles. The van der Waals surface area contributed by atoms with E-state index >= 15 is 0 Å². The van der Waals surface area contributed by atoms with Gasteiger partial charge in [0.15, 0.2) is 0 Å². The number of anilines is 1. The van der Waals surface area contributed by atoms with Crippen LogP contribution in [0, 0.1) is 0 Å². The molecule has 8 nitrogen and oxygen atoms in total. The van der Waals surface area contributed by atoms with Crippen LogP contribution in [0.3, 0.4) is 0 Å². The first kappa shape index (κ1) is 26.9. The molecule has 0 radical (unpaired) electrons. The summed E-state index contributed by atoms with van der Waals surface area (Å²) < 4.78 is 45.2. The van der Waals surface area contributed by atoms with Crippen LogP contribution in [0.15, 0.2) is 131 Å². The Balaban J connectivity index is 1.58. The Hall–Kier alpha value is -4.67. The topological polar surface area (TPSA) is 99.2 Å². The van der Waals surface area contributed by atoms with Gasteiger partial charge in [0.25, 0.3) is 10.0 Å². The number of carbonyl (C=O) groups is 2. The molecular formula is C30H20BrNO7S. The molecule has 200 valence electrons. The lowest BCUT2D eigenvalue weighted by molar-refractivity contribution is 0.152. The fourth-order valence-corrected chi connectivity index (χ4v) is 5.49. The van der Waals surface area contributed by atoms with Crippen molar-refractivity contribution in [2.45, 2.75) is 4.90 Å². The van der Waals surface area contributed by atoms with Gasteiger partial charge < -0.3 is 14.2 Å². The Morgan fingerprint density at radius 2 is 1.15 bits per heavy atom. The van der Waals surface area contributed by atoms with Crippen LogP contribution < -0.4 is 18.5 Å². The number of halogens is 1. The molecule has 0 saturated heterocycles. The summed E-state index contributed by atoms with van der Waals surface area (Å²) in [5.74, 6) is 0.568. The van der Waals surface area contributed by atoms with Crippen molar-refractivity contribution in [3.8, 4) is 17.2 Å². The Morgan fingerprint density at radius 1 is 0.600 bits per heavy atom. The van der Waals surface area contributed by atoms with Crippen LogP contribution in [-0.4, -0.2) is 20.7 Å². The van der Waals surface area contributed by atoms with Crippen molar-refractivity contribution in [3.05, 3.63) is 126 Å². The molecule has 40 heavy (non-hydrogen) atoms. The van der Waals surface area contributed by atoms with Gasteiger partial charge in [0, 0.05) is 15.2 Å². The van der Waals surface area contributed by atoms with E-state index in [4.69, 9.17) is 14.2 Å². The largest absolute Gasteiger partial charge is 0.519 e. The van der Waals surface area contributed by atoms with Crippen LogP contribution >= 0.6 is 15.9 Å². The number of amides is 1. The molecule has 1 amide bonds. The minimum atomic E-state index is -4.45. The minimum Gasteiger partial charge on any atom is -0.409 e. The average molecular weight is 618 g/mol. The first-order chi connectivity index (χ1) is 19.3. The first-order valence-electron chi connectivity index (χ1n) is 11.9. The Bertz CT molecular complexity index is 1780. The zero-order chi connectivity index (χ0) is 28.1. The monoisotopic (exact) mass is 617 g/mol. The zero-order valence-corrected chi connectivity index (χ0v) is 23.0. The van der Waals surface area contributed by atoms with Gasteiger partial charge in [0.2, 0.25) is 0 Å². The summed E-state index contributed by atoms with van der Waals surface area (Å²) in [7, 11) is -4.45. The molecule has 0 heterocycles. The minimum absolute atomic E-state index is 0.00299. The fourth-order valence-electron chi connectivity index (χ4n) is 3.89. The molecule has 0 spiro atoms. The summed E-state index contributed by atoms with van der Waals surface area (Å²) in [6.07, 6.45) is -2.12. The Morgan fingerprint density at radius 3 is 1.77 bits per heavy atom. The molecule has 5 rings (SSSR count). The van der Waals surface area contributed by atoms with E-state index in [0.717, 1.165) is 0 Å². The number of sulfonamides is 1.